The summed E-state index contributed by atoms with van der Waals surface area (Å²) in [7, 11) is 6.16. The van der Waals surface area contributed by atoms with E-state index >= 15 is 0 Å². The summed E-state index contributed by atoms with van der Waals surface area (Å²) in [6.07, 6.45) is 3.92. The van der Waals surface area contributed by atoms with Crippen LogP contribution in [0.25, 0.3) is 6.08 Å². The third-order valence-electron chi connectivity index (χ3n) is 3.10. The Morgan fingerprint density at radius 2 is 1.95 bits per heavy atom. The van der Waals surface area contributed by atoms with E-state index in [9.17, 15) is 4.79 Å². The Hall–Kier alpha value is -1.81. The maximum atomic E-state index is 10.7. The lowest BCUT2D eigenvalue weighted by atomic mass is 10.1. The molecule has 20 heavy (non-hydrogen) atoms. The van der Waals surface area contributed by atoms with Crippen molar-refractivity contribution in [3.05, 3.63) is 35.4 Å². The number of carboxylic acids is 1. The Morgan fingerprint density at radius 1 is 1.25 bits per heavy atom. The number of carbonyl (C=O) groups is 1. The molecular formula is C16H24N2O2. The van der Waals surface area contributed by atoms with Gasteiger partial charge in [0.1, 0.15) is 0 Å². The van der Waals surface area contributed by atoms with E-state index in [0.29, 0.717) is 0 Å². The summed E-state index contributed by atoms with van der Waals surface area (Å²) in [6, 6.07) is 6.11. The maximum absolute atomic E-state index is 10.7. The average molecular weight is 276 g/mol. The molecule has 4 nitrogen and oxygen atoms in total. The van der Waals surface area contributed by atoms with Gasteiger partial charge in [-0.05, 0) is 57.8 Å². The molecule has 0 bridgehead atoms. The predicted molar refractivity (Wildman–Crippen MR) is 84.3 cm³/mol. The highest BCUT2D eigenvalue weighted by Crippen LogP contribution is 2.22. The molecule has 4 heteroatoms. The van der Waals surface area contributed by atoms with Gasteiger partial charge in [-0.3, -0.25) is 0 Å². The van der Waals surface area contributed by atoms with Crippen LogP contribution in [0.4, 0.5) is 5.69 Å². The van der Waals surface area contributed by atoms with Gasteiger partial charge >= 0.3 is 5.97 Å². The highest BCUT2D eigenvalue weighted by atomic mass is 16.4. The molecule has 0 amide bonds. The number of aryl methyl sites for hydroxylation is 1. The quantitative estimate of drug-likeness (QED) is 0.777. The van der Waals surface area contributed by atoms with Crippen LogP contribution in [0.5, 0.6) is 0 Å². The molecule has 0 fully saturated rings. The zero-order chi connectivity index (χ0) is 15.1. The van der Waals surface area contributed by atoms with Gasteiger partial charge in [0.2, 0.25) is 0 Å². The largest absolute Gasteiger partial charge is 0.478 e. The van der Waals surface area contributed by atoms with Crippen molar-refractivity contribution >= 4 is 17.7 Å². The fourth-order valence-corrected chi connectivity index (χ4v) is 2.06. The maximum Gasteiger partial charge on any atom is 0.328 e. The molecule has 0 saturated carbocycles. The molecule has 110 valence electrons. The molecule has 0 saturated heterocycles. The third kappa shape index (κ3) is 5.45. The van der Waals surface area contributed by atoms with E-state index in [1.54, 1.807) is 6.08 Å². The fraction of sp³-hybridized carbons (Fsp3) is 0.438. The van der Waals surface area contributed by atoms with Crippen LogP contribution >= 0.6 is 0 Å². The van der Waals surface area contributed by atoms with Crippen molar-refractivity contribution in [2.75, 3.05) is 39.1 Å². The van der Waals surface area contributed by atoms with Crippen molar-refractivity contribution in [2.45, 2.75) is 13.3 Å². The Kier molecular flexibility index (Phi) is 6.25. The molecule has 0 aromatic heterocycles. The normalized spacial score (nSPS) is 11.2. The molecule has 0 aliphatic rings. The lowest BCUT2D eigenvalue weighted by Gasteiger charge is -2.22. The number of hydrogen-bond donors (Lipinski definition) is 1. The van der Waals surface area contributed by atoms with Crippen molar-refractivity contribution in [3.63, 3.8) is 0 Å². The van der Waals surface area contributed by atoms with Gasteiger partial charge in [0, 0.05) is 25.4 Å². The topological polar surface area (TPSA) is 43.8 Å². The van der Waals surface area contributed by atoms with Gasteiger partial charge in [-0.25, -0.2) is 4.79 Å². The van der Waals surface area contributed by atoms with Gasteiger partial charge in [0.15, 0.2) is 0 Å². The smallest absolute Gasteiger partial charge is 0.328 e. The molecule has 1 N–H and O–H groups in total. The number of nitrogens with zero attached hydrogens (tertiary/aromatic N) is 2. The van der Waals surface area contributed by atoms with E-state index in [1.165, 1.54) is 6.08 Å². The first-order chi connectivity index (χ1) is 9.40. The van der Waals surface area contributed by atoms with E-state index in [-0.39, 0.29) is 0 Å². The molecule has 1 aromatic carbocycles. The lowest BCUT2D eigenvalue weighted by Crippen LogP contribution is -2.23. The Bertz CT molecular complexity index is 481. The lowest BCUT2D eigenvalue weighted by molar-refractivity contribution is -0.131. The fourth-order valence-electron chi connectivity index (χ4n) is 2.06. The van der Waals surface area contributed by atoms with E-state index in [2.05, 4.69) is 30.0 Å². The first kappa shape index (κ1) is 16.2. The van der Waals surface area contributed by atoms with Crippen molar-refractivity contribution in [3.8, 4) is 0 Å². The summed E-state index contributed by atoms with van der Waals surface area (Å²) in [5.74, 6) is -0.923. The van der Waals surface area contributed by atoms with E-state index < -0.39 is 5.97 Å². The Balaban J connectivity index is 2.84. The molecule has 1 rings (SSSR count). The van der Waals surface area contributed by atoms with Crippen LogP contribution < -0.4 is 4.90 Å². The highest BCUT2D eigenvalue weighted by Gasteiger charge is 2.06. The number of benzene rings is 1. The Labute approximate surface area is 121 Å². The summed E-state index contributed by atoms with van der Waals surface area (Å²) in [6.45, 7) is 3.99. The summed E-state index contributed by atoms with van der Waals surface area (Å²) in [4.78, 5) is 15.0. The van der Waals surface area contributed by atoms with Gasteiger partial charge in [-0.2, -0.15) is 0 Å². The summed E-state index contributed by atoms with van der Waals surface area (Å²) in [5.41, 5.74) is 3.13. The minimum Gasteiger partial charge on any atom is -0.478 e. The number of hydrogen-bond acceptors (Lipinski definition) is 3. The monoisotopic (exact) mass is 276 g/mol. The zero-order valence-corrected chi connectivity index (χ0v) is 12.8. The van der Waals surface area contributed by atoms with E-state index in [4.69, 9.17) is 5.11 Å². The summed E-state index contributed by atoms with van der Waals surface area (Å²) in [5, 5.41) is 8.77. The third-order valence-corrected chi connectivity index (χ3v) is 3.10. The van der Waals surface area contributed by atoms with Gasteiger partial charge in [-0.15, -0.1) is 0 Å². The Morgan fingerprint density at radius 3 is 2.55 bits per heavy atom. The first-order valence-corrected chi connectivity index (χ1v) is 6.77. The summed E-state index contributed by atoms with van der Waals surface area (Å²) >= 11 is 0. The van der Waals surface area contributed by atoms with Crippen LogP contribution in [-0.4, -0.2) is 50.2 Å². The van der Waals surface area contributed by atoms with Crippen LogP contribution in [0.2, 0.25) is 0 Å². The molecule has 1 aromatic rings. The van der Waals surface area contributed by atoms with Crippen LogP contribution in [0, 0.1) is 6.92 Å². The molecule has 0 spiro atoms. The standard InChI is InChI=1S/C16H24N2O2/c1-13-6-8-15(14(12-13)7-9-16(19)20)18(4)11-5-10-17(2)3/h6-9,12H,5,10-11H2,1-4H3,(H,19,20)/b9-7+. The number of anilines is 1. The first-order valence-electron chi connectivity index (χ1n) is 6.77. The SMILES string of the molecule is Cc1ccc(N(C)CCCN(C)C)c(/C=C/C(=O)O)c1. The molecule has 0 aliphatic carbocycles. The highest BCUT2D eigenvalue weighted by molar-refractivity contribution is 5.87. The molecule has 0 unspecified atom stereocenters. The summed E-state index contributed by atoms with van der Waals surface area (Å²) < 4.78 is 0. The second-order valence-electron chi connectivity index (χ2n) is 5.31. The van der Waals surface area contributed by atoms with Gasteiger partial charge < -0.3 is 14.9 Å². The minimum absolute atomic E-state index is 0.923. The number of rotatable bonds is 7. The molecule has 0 aliphatic heterocycles. The van der Waals surface area contributed by atoms with Crippen molar-refractivity contribution in [1.29, 1.82) is 0 Å². The van der Waals surface area contributed by atoms with Crippen LogP contribution in [0.1, 0.15) is 17.5 Å². The number of aliphatic carboxylic acids is 1. The van der Waals surface area contributed by atoms with Gasteiger partial charge in [-0.1, -0.05) is 11.6 Å². The van der Waals surface area contributed by atoms with E-state index in [1.807, 2.05) is 26.1 Å². The zero-order valence-electron chi connectivity index (χ0n) is 12.8. The van der Waals surface area contributed by atoms with Crippen LogP contribution in [0.3, 0.4) is 0 Å². The van der Waals surface area contributed by atoms with Gasteiger partial charge in [0.25, 0.3) is 0 Å². The minimum atomic E-state index is -0.923. The van der Waals surface area contributed by atoms with Crippen molar-refractivity contribution < 1.29 is 9.90 Å². The predicted octanol–water partition coefficient (Wildman–Crippen LogP) is 2.48. The average Bonchev–Trinajstić information content (AvgIpc) is 2.35. The van der Waals surface area contributed by atoms with Crippen LogP contribution in [-0.2, 0) is 4.79 Å². The molecule has 0 heterocycles. The van der Waals surface area contributed by atoms with Crippen molar-refractivity contribution in [2.24, 2.45) is 0 Å². The van der Waals surface area contributed by atoms with E-state index in [0.717, 1.165) is 36.3 Å². The number of carboxylic acid groups (broad SMARTS) is 1. The molecule has 0 radical (unpaired) electrons. The second kappa shape index (κ2) is 7.70. The van der Waals surface area contributed by atoms with Gasteiger partial charge in [0.05, 0.1) is 0 Å². The molecular weight excluding hydrogens is 252 g/mol. The second-order valence-corrected chi connectivity index (χ2v) is 5.31. The van der Waals surface area contributed by atoms with Crippen molar-refractivity contribution in [1.82, 2.24) is 4.90 Å². The van der Waals surface area contributed by atoms with Crippen LogP contribution in [0.15, 0.2) is 24.3 Å². The molecule has 0 atom stereocenters.